The fraction of sp³-hybridized carbons (Fsp3) is 0.500. The third-order valence-electron chi connectivity index (χ3n) is 1.53. The van der Waals surface area contributed by atoms with Crippen molar-refractivity contribution in [1.29, 1.82) is 0 Å². The number of thiophene rings is 1. The fourth-order valence-electron chi connectivity index (χ4n) is 0.963. The molecule has 0 fully saturated rings. The van der Waals surface area contributed by atoms with Gasteiger partial charge in [-0.3, -0.25) is 0 Å². The van der Waals surface area contributed by atoms with E-state index < -0.39 is 6.17 Å². The van der Waals surface area contributed by atoms with E-state index >= 15 is 0 Å². The highest BCUT2D eigenvalue weighted by molar-refractivity contribution is 7.16. The first-order valence-electron chi connectivity index (χ1n) is 3.80. The van der Waals surface area contributed by atoms with Crippen molar-refractivity contribution in [2.75, 3.05) is 6.54 Å². The maximum atomic E-state index is 13.0. The lowest BCUT2D eigenvalue weighted by Crippen LogP contribution is -2.10. The molecule has 0 saturated heterocycles. The van der Waals surface area contributed by atoms with Crippen molar-refractivity contribution in [1.82, 2.24) is 0 Å². The van der Waals surface area contributed by atoms with Crippen LogP contribution in [-0.4, -0.2) is 12.7 Å². The molecule has 1 aromatic rings. The summed E-state index contributed by atoms with van der Waals surface area (Å²) in [5.74, 6) is 0. The molecule has 0 spiro atoms. The first kappa shape index (κ1) is 9.96. The van der Waals surface area contributed by atoms with Crippen LogP contribution in [-0.2, 0) is 6.42 Å². The van der Waals surface area contributed by atoms with Gasteiger partial charge in [-0.2, -0.15) is 0 Å². The average molecular weight is 208 g/mol. The van der Waals surface area contributed by atoms with E-state index in [1.807, 2.05) is 6.07 Å². The van der Waals surface area contributed by atoms with E-state index in [9.17, 15) is 4.39 Å². The number of alkyl halides is 1. The van der Waals surface area contributed by atoms with E-state index in [2.05, 4.69) is 0 Å². The molecule has 1 heterocycles. The SMILES string of the molecule is NCCC(F)Cc1ccc(Cl)s1. The Morgan fingerprint density at radius 3 is 2.83 bits per heavy atom. The molecule has 1 rings (SSSR count). The Balaban J connectivity index is 2.41. The lowest BCUT2D eigenvalue weighted by atomic mass is 10.2. The maximum absolute atomic E-state index is 13.0. The number of nitrogens with two attached hydrogens (primary N) is 1. The Morgan fingerprint density at radius 1 is 1.58 bits per heavy atom. The van der Waals surface area contributed by atoms with Crippen molar-refractivity contribution in [2.24, 2.45) is 5.73 Å². The van der Waals surface area contributed by atoms with Crippen LogP contribution < -0.4 is 5.73 Å². The van der Waals surface area contributed by atoms with E-state index in [0.29, 0.717) is 23.7 Å². The van der Waals surface area contributed by atoms with Gasteiger partial charge in [-0.15, -0.1) is 11.3 Å². The van der Waals surface area contributed by atoms with Gasteiger partial charge in [0.05, 0.1) is 4.34 Å². The zero-order valence-electron chi connectivity index (χ0n) is 6.59. The smallest absolute Gasteiger partial charge is 0.106 e. The summed E-state index contributed by atoms with van der Waals surface area (Å²) < 4.78 is 13.7. The van der Waals surface area contributed by atoms with Gasteiger partial charge < -0.3 is 5.73 Å². The van der Waals surface area contributed by atoms with Crippen LogP contribution in [0.25, 0.3) is 0 Å². The molecule has 0 aliphatic carbocycles. The number of hydrogen-bond donors (Lipinski definition) is 1. The van der Waals surface area contributed by atoms with Gasteiger partial charge >= 0.3 is 0 Å². The summed E-state index contributed by atoms with van der Waals surface area (Å²) in [6.07, 6.45) is 0.0362. The van der Waals surface area contributed by atoms with Gasteiger partial charge in [0.2, 0.25) is 0 Å². The molecule has 1 aromatic heterocycles. The van der Waals surface area contributed by atoms with E-state index in [4.69, 9.17) is 17.3 Å². The highest BCUT2D eigenvalue weighted by Crippen LogP contribution is 2.23. The molecule has 4 heteroatoms. The van der Waals surface area contributed by atoms with Crippen LogP contribution in [0.15, 0.2) is 12.1 Å². The Hall–Kier alpha value is -0.120. The van der Waals surface area contributed by atoms with Gasteiger partial charge in [-0.05, 0) is 25.1 Å². The molecule has 0 aliphatic rings. The van der Waals surface area contributed by atoms with E-state index in [0.717, 1.165) is 4.88 Å². The summed E-state index contributed by atoms with van der Waals surface area (Å²) in [4.78, 5) is 0.987. The minimum absolute atomic E-state index is 0.403. The third kappa shape index (κ3) is 3.09. The number of halogens is 2. The van der Waals surface area contributed by atoms with Crippen molar-refractivity contribution in [2.45, 2.75) is 19.0 Å². The van der Waals surface area contributed by atoms with Crippen molar-refractivity contribution >= 4 is 22.9 Å². The monoisotopic (exact) mass is 207 g/mol. The fourth-order valence-corrected chi connectivity index (χ4v) is 2.11. The summed E-state index contributed by atoms with van der Waals surface area (Å²) in [5, 5.41) is 0. The van der Waals surface area contributed by atoms with E-state index in [1.54, 1.807) is 6.07 Å². The van der Waals surface area contributed by atoms with Crippen LogP contribution in [0, 0.1) is 0 Å². The highest BCUT2D eigenvalue weighted by atomic mass is 35.5. The first-order valence-corrected chi connectivity index (χ1v) is 5.00. The summed E-state index contributed by atoms with van der Waals surface area (Å²) in [7, 11) is 0. The van der Waals surface area contributed by atoms with Gasteiger partial charge in [-0.1, -0.05) is 11.6 Å². The topological polar surface area (TPSA) is 26.0 Å². The minimum Gasteiger partial charge on any atom is -0.330 e. The van der Waals surface area contributed by atoms with Crippen molar-refractivity contribution in [3.8, 4) is 0 Å². The molecule has 0 saturated carbocycles. The lowest BCUT2D eigenvalue weighted by molar-refractivity contribution is 0.318. The molecular formula is C8H11ClFNS. The van der Waals surface area contributed by atoms with Gasteiger partial charge in [0.15, 0.2) is 0 Å². The normalized spacial score (nSPS) is 13.2. The Morgan fingerprint density at radius 2 is 2.33 bits per heavy atom. The molecule has 12 heavy (non-hydrogen) atoms. The summed E-state index contributed by atoms with van der Waals surface area (Å²) in [6.45, 7) is 0.403. The lowest BCUT2D eigenvalue weighted by Gasteiger charge is -2.02. The van der Waals surface area contributed by atoms with Crippen molar-refractivity contribution in [3.05, 3.63) is 21.3 Å². The molecule has 2 N–H and O–H groups in total. The quantitative estimate of drug-likeness (QED) is 0.807. The zero-order chi connectivity index (χ0) is 8.97. The Labute approximate surface area is 80.3 Å². The third-order valence-corrected chi connectivity index (χ3v) is 2.78. The molecular weight excluding hydrogens is 197 g/mol. The van der Waals surface area contributed by atoms with Gasteiger partial charge in [0.25, 0.3) is 0 Å². The van der Waals surface area contributed by atoms with Crippen LogP contribution >= 0.6 is 22.9 Å². The first-order chi connectivity index (χ1) is 5.72. The second-order valence-corrected chi connectivity index (χ2v) is 4.38. The molecule has 0 amide bonds. The molecule has 1 unspecified atom stereocenters. The Kier molecular flexibility index (Phi) is 3.98. The molecule has 0 radical (unpaired) electrons. The van der Waals surface area contributed by atoms with Crippen molar-refractivity contribution < 1.29 is 4.39 Å². The average Bonchev–Trinajstić information content (AvgIpc) is 2.36. The van der Waals surface area contributed by atoms with Crippen LogP contribution in [0.3, 0.4) is 0 Å². The second kappa shape index (κ2) is 4.80. The highest BCUT2D eigenvalue weighted by Gasteiger charge is 2.07. The summed E-state index contributed by atoms with van der Waals surface area (Å²) in [6, 6.07) is 3.65. The number of rotatable bonds is 4. The molecule has 0 aromatic carbocycles. The van der Waals surface area contributed by atoms with Crippen LogP contribution in [0.4, 0.5) is 4.39 Å². The van der Waals surface area contributed by atoms with Crippen LogP contribution in [0.2, 0.25) is 4.34 Å². The van der Waals surface area contributed by atoms with Gasteiger partial charge in [0, 0.05) is 11.3 Å². The number of hydrogen-bond acceptors (Lipinski definition) is 2. The summed E-state index contributed by atoms with van der Waals surface area (Å²) >= 11 is 7.12. The molecule has 0 bridgehead atoms. The summed E-state index contributed by atoms with van der Waals surface area (Å²) in [5.41, 5.74) is 5.23. The minimum atomic E-state index is -0.829. The van der Waals surface area contributed by atoms with Crippen LogP contribution in [0.1, 0.15) is 11.3 Å². The molecule has 0 aliphatic heterocycles. The molecule has 1 nitrogen and oxygen atoms in total. The predicted octanol–water partition coefficient (Wildman–Crippen LogP) is 2.63. The predicted molar refractivity (Wildman–Crippen MR) is 51.6 cm³/mol. The molecule has 1 atom stereocenters. The van der Waals surface area contributed by atoms with Gasteiger partial charge in [0.1, 0.15) is 6.17 Å². The zero-order valence-corrected chi connectivity index (χ0v) is 8.17. The largest absolute Gasteiger partial charge is 0.330 e. The van der Waals surface area contributed by atoms with E-state index in [1.165, 1.54) is 11.3 Å². The van der Waals surface area contributed by atoms with Crippen molar-refractivity contribution in [3.63, 3.8) is 0 Å². The molecule has 68 valence electrons. The second-order valence-electron chi connectivity index (χ2n) is 2.58. The van der Waals surface area contributed by atoms with E-state index in [-0.39, 0.29) is 0 Å². The van der Waals surface area contributed by atoms with Crippen LogP contribution in [0.5, 0.6) is 0 Å². The maximum Gasteiger partial charge on any atom is 0.106 e. The van der Waals surface area contributed by atoms with Gasteiger partial charge in [-0.25, -0.2) is 4.39 Å². The standard InChI is InChI=1S/C8H11ClFNS/c9-8-2-1-7(12-8)5-6(10)3-4-11/h1-2,6H,3-5,11H2. The Bertz CT molecular complexity index is 239.